The van der Waals surface area contributed by atoms with Gasteiger partial charge in [-0.3, -0.25) is 4.79 Å². The van der Waals surface area contributed by atoms with E-state index in [1.807, 2.05) is 0 Å². The quantitative estimate of drug-likeness (QED) is 0.828. The van der Waals surface area contributed by atoms with Crippen molar-refractivity contribution in [2.75, 3.05) is 7.11 Å². The lowest BCUT2D eigenvalue weighted by Crippen LogP contribution is -1.99. The van der Waals surface area contributed by atoms with Gasteiger partial charge in [0, 0.05) is 12.5 Å². The van der Waals surface area contributed by atoms with Crippen molar-refractivity contribution in [3.63, 3.8) is 0 Å². The standard InChI is InChI=1S/C15H14FNO4/c1-20-12-9-10(6-8-15(18)19)5-7-11(12)21-14-4-2-3-13(16)17-14/h2-5,7,9H,6,8H2,1H3,(H,18,19). The van der Waals surface area contributed by atoms with Crippen LogP contribution in [-0.2, 0) is 11.2 Å². The molecule has 1 aromatic carbocycles. The minimum Gasteiger partial charge on any atom is -0.493 e. The van der Waals surface area contributed by atoms with Gasteiger partial charge < -0.3 is 14.6 Å². The lowest BCUT2D eigenvalue weighted by Gasteiger charge is -2.11. The Morgan fingerprint density at radius 2 is 2.10 bits per heavy atom. The number of hydrogen-bond donors (Lipinski definition) is 1. The Bertz CT molecular complexity index is 645. The SMILES string of the molecule is COc1cc(CCC(=O)O)ccc1Oc1cccc(F)n1. The lowest BCUT2D eigenvalue weighted by atomic mass is 10.1. The summed E-state index contributed by atoms with van der Waals surface area (Å²) in [5.74, 6) is -0.562. The molecule has 0 spiro atoms. The summed E-state index contributed by atoms with van der Waals surface area (Å²) in [5.41, 5.74) is 0.814. The number of aromatic nitrogens is 1. The Hall–Kier alpha value is -2.63. The molecule has 0 bridgehead atoms. The van der Waals surface area contributed by atoms with E-state index in [9.17, 15) is 9.18 Å². The molecule has 0 aliphatic carbocycles. The Kier molecular flexibility index (Phi) is 4.71. The predicted molar refractivity (Wildman–Crippen MR) is 73.2 cm³/mol. The molecule has 21 heavy (non-hydrogen) atoms. The molecule has 0 amide bonds. The van der Waals surface area contributed by atoms with Crippen LogP contribution in [0, 0.1) is 5.95 Å². The minimum absolute atomic E-state index is 0.0365. The van der Waals surface area contributed by atoms with Gasteiger partial charge in [0.1, 0.15) is 0 Å². The summed E-state index contributed by atoms with van der Waals surface area (Å²) in [7, 11) is 1.47. The number of aliphatic carboxylic acids is 1. The highest BCUT2D eigenvalue weighted by Gasteiger charge is 2.09. The fraction of sp³-hybridized carbons (Fsp3) is 0.200. The van der Waals surface area contributed by atoms with Crippen LogP contribution in [-0.4, -0.2) is 23.2 Å². The van der Waals surface area contributed by atoms with E-state index in [1.54, 1.807) is 18.2 Å². The van der Waals surface area contributed by atoms with Gasteiger partial charge in [-0.2, -0.15) is 9.37 Å². The number of aryl methyl sites for hydroxylation is 1. The Morgan fingerprint density at radius 3 is 2.76 bits per heavy atom. The highest BCUT2D eigenvalue weighted by atomic mass is 19.1. The highest BCUT2D eigenvalue weighted by molar-refractivity contribution is 5.67. The van der Waals surface area contributed by atoms with Gasteiger partial charge in [0.05, 0.1) is 7.11 Å². The summed E-state index contributed by atoms with van der Waals surface area (Å²) in [6.07, 6.45) is 0.430. The second kappa shape index (κ2) is 6.69. The number of hydrogen-bond acceptors (Lipinski definition) is 4. The molecule has 0 aliphatic rings. The van der Waals surface area contributed by atoms with Gasteiger partial charge in [0.25, 0.3) is 0 Å². The topological polar surface area (TPSA) is 68.7 Å². The van der Waals surface area contributed by atoms with E-state index in [0.29, 0.717) is 17.9 Å². The summed E-state index contributed by atoms with van der Waals surface area (Å²) < 4.78 is 23.7. The van der Waals surface area contributed by atoms with Crippen LogP contribution in [0.5, 0.6) is 17.4 Å². The van der Waals surface area contributed by atoms with Crippen LogP contribution in [0.1, 0.15) is 12.0 Å². The molecule has 0 aliphatic heterocycles. The molecule has 0 atom stereocenters. The van der Waals surface area contributed by atoms with Gasteiger partial charge >= 0.3 is 5.97 Å². The van der Waals surface area contributed by atoms with Crippen molar-refractivity contribution in [1.29, 1.82) is 0 Å². The van der Waals surface area contributed by atoms with Crippen molar-refractivity contribution in [1.82, 2.24) is 4.98 Å². The fourth-order valence-electron chi connectivity index (χ4n) is 1.76. The Morgan fingerprint density at radius 1 is 1.29 bits per heavy atom. The molecule has 0 fully saturated rings. The number of pyridine rings is 1. The number of rotatable bonds is 6. The van der Waals surface area contributed by atoms with Gasteiger partial charge in [0.2, 0.25) is 11.8 Å². The largest absolute Gasteiger partial charge is 0.493 e. The van der Waals surface area contributed by atoms with E-state index in [2.05, 4.69) is 4.98 Å². The molecule has 2 aromatic rings. The van der Waals surface area contributed by atoms with Crippen molar-refractivity contribution < 1.29 is 23.8 Å². The number of carboxylic acids is 1. The van der Waals surface area contributed by atoms with Gasteiger partial charge in [-0.15, -0.1) is 0 Å². The van der Waals surface area contributed by atoms with Crippen LogP contribution in [0.25, 0.3) is 0 Å². The minimum atomic E-state index is -0.863. The molecule has 6 heteroatoms. The third kappa shape index (κ3) is 4.17. The summed E-state index contributed by atoms with van der Waals surface area (Å²) in [4.78, 5) is 14.2. The lowest BCUT2D eigenvalue weighted by molar-refractivity contribution is -0.136. The van der Waals surface area contributed by atoms with E-state index in [0.717, 1.165) is 5.56 Å². The normalized spacial score (nSPS) is 10.2. The Labute approximate surface area is 121 Å². The van der Waals surface area contributed by atoms with Gasteiger partial charge in [0.15, 0.2) is 11.5 Å². The van der Waals surface area contributed by atoms with E-state index in [1.165, 1.54) is 25.3 Å². The number of benzene rings is 1. The van der Waals surface area contributed by atoms with E-state index >= 15 is 0 Å². The van der Waals surface area contributed by atoms with Crippen LogP contribution in [0.3, 0.4) is 0 Å². The molecule has 1 aromatic heterocycles. The smallest absolute Gasteiger partial charge is 0.303 e. The average molecular weight is 291 g/mol. The second-order valence-corrected chi connectivity index (χ2v) is 4.28. The van der Waals surface area contributed by atoms with E-state index in [-0.39, 0.29) is 12.3 Å². The zero-order valence-corrected chi connectivity index (χ0v) is 11.4. The maximum Gasteiger partial charge on any atom is 0.303 e. The molecular weight excluding hydrogens is 277 g/mol. The van der Waals surface area contributed by atoms with Crippen LogP contribution in [0.2, 0.25) is 0 Å². The van der Waals surface area contributed by atoms with Crippen LogP contribution in [0.4, 0.5) is 4.39 Å². The second-order valence-electron chi connectivity index (χ2n) is 4.28. The van der Waals surface area contributed by atoms with Crippen molar-refractivity contribution in [2.24, 2.45) is 0 Å². The third-order valence-corrected chi connectivity index (χ3v) is 2.76. The van der Waals surface area contributed by atoms with Crippen LogP contribution < -0.4 is 9.47 Å². The number of carboxylic acid groups (broad SMARTS) is 1. The Balaban J connectivity index is 2.18. The summed E-state index contributed by atoms with van der Waals surface area (Å²) in [6, 6.07) is 9.31. The molecule has 1 N–H and O–H groups in total. The van der Waals surface area contributed by atoms with Crippen molar-refractivity contribution in [2.45, 2.75) is 12.8 Å². The average Bonchev–Trinajstić information content (AvgIpc) is 2.46. The predicted octanol–water partition coefficient (Wildman–Crippen LogP) is 3.04. The van der Waals surface area contributed by atoms with E-state index < -0.39 is 11.9 Å². The first-order valence-corrected chi connectivity index (χ1v) is 6.27. The van der Waals surface area contributed by atoms with Gasteiger partial charge in [-0.05, 0) is 30.2 Å². The first-order valence-electron chi connectivity index (χ1n) is 6.27. The monoisotopic (exact) mass is 291 g/mol. The number of nitrogens with zero attached hydrogens (tertiary/aromatic N) is 1. The molecule has 2 rings (SSSR count). The first-order chi connectivity index (χ1) is 10.1. The maximum absolute atomic E-state index is 13.0. The van der Waals surface area contributed by atoms with Gasteiger partial charge in [-0.1, -0.05) is 12.1 Å². The van der Waals surface area contributed by atoms with Crippen LogP contribution >= 0.6 is 0 Å². The summed E-state index contributed by atoms with van der Waals surface area (Å²) >= 11 is 0. The molecular formula is C15H14FNO4. The van der Waals surface area contributed by atoms with Crippen LogP contribution in [0.15, 0.2) is 36.4 Å². The molecule has 0 saturated carbocycles. The van der Waals surface area contributed by atoms with Crippen molar-refractivity contribution in [3.8, 4) is 17.4 Å². The van der Waals surface area contributed by atoms with Crippen molar-refractivity contribution >= 4 is 5.97 Å². The molecule has 0 saturated heterocycles. The number of methoxy groups -OCH3 is 1. The zero-order chi connectivity index (χ0) is 15.2. The van der Waals surface area contributed by atoms with E-state index in [4.69, 9.17) is 14.6 Å². The zero-order valence-electron chi connectivity index (χ0n) is 11.4. The van der Waals surface area contributed by atoms with Crippen molar-refractivity contribution in [3.05, 3.63) is 47.9 Å². The molecule has 110 valence electrons. The number of ether oxygens (including phenoxy) is 2. The number of halogens is 1. The molecule has 5 nitrogen and oxygen atoms in total. The van der Waals surface area contributed by atoms with Gasteiger partial charge in [-0.25, -0.2) is 0 Å². The molecule has 0 unspecified atom stereocenters. The maximum atomic E-state index is 13.0. The fourth-order valence-corrected chi connectivity index (χ4v) is 1.76. The first kappa shape index (κ1) is 14.8. The summed E-state index contributed by atoms with van der Waals surface area (Å²) in [6.45, 7) is 0. The third-order valence-electron chi connectivity index (χ3n) is 2.76. The highest BCUT2D eigenvalue weighted by Crippen LogP contribution is 2.31. The number of carbonyl (C=O) groups is 1. The molecule has 0 radical (unpaired) electrons. The summed E-state index contributed by atoms with van der Waals surface area (Å²) in [5, 5.41) is 8.68. The molecule has 1 heterocycles.